The maximum Gasteiger partial charge on any atom is 0.203 e. The summed E-state index contributed by atoms with van der Waals surface area (Å²) < 4.78 is 28.7. The van der Waals surface area contributed by atoms with Gasteiger partial charge in [-0.15, -0.1) is 0 Å². The van der Waals surface area contributed by atoms with Crippen molar-refractivity contribution in [2.75, 3.05) is 62.3 Å². The fourth-order valence-corrected chi connectivity index (χ4v) is 4.84. The SMILES string of the molecule is COc1cc2c(cc1OC)[C@H](Cc1cc(OC)c(OC)c(OC)c1)[N@+](C)(CCCO)CC2. The number of likely N-dealkylation sites (N-methyl/N-ethyl adjacent to an activating group) is 1. The van der Waals surface area contributed by atoms with Crippen LogP contribution in [0.15, 0.2) is 24.3 Å². The Kier molecular flexibility index (Phi) is 7.74. The van der Waals surface area contributed by atoms with E-state index in [1.54, 1.807) is 35.5 Å². The number of ether oxygens (including phenoxy) is 5. The van der Waals surface area contributed by atoms with E-state index in [-0.39, 0.29) is 12.6 Å². The number of quaternary nitrogens is 1. The van der Waals surface area contributed by atoms with Crippen molar-refractivity contribution in [1.29, 1.82) is 0 Å². The molecule has 3 rings (SSSR count). The Balaban J connectivity index is 2.10. The van der Waals surface area contributed by atoms with Gasteiger partial charge < -0.3 is 33.3 Å². The predicted octanol–water partition coefficient (Wildman–Crippen LogP) is 3.40. The molecule has 1 heterocycles. The van der Waals surface area contributed by atoms with Crippen molar-refractivity contribution in [3.8, 4) is 28.7 Å². The maximum atomic E-state index is 9.53. The fourth-order valence-electron chi connectivity index (χ4n) is 4.84. The summed E-state index contributed by atoms with van der Waals surface area (Å²) in [5.74, 6) is 3.37. The van der Waals surface area contributed by atoms with Crippen LogP contribution in [0.3, 0.4) is 0 Å². The summed E-state index contributed by atoms with van der Waals surface area (Å²) in [6.45, 7) is 2.06. The number of fused-ring (bicyclic) bond motifs is 1. The second kappa shape index (κ2) is 10.3. The van der Waals surface area contributed by atoms with E-state index in [1.165, 1.54) is 11.1 Å². The molecule has 176 valence electrons. The lowest BCUT2D eigenvalue weighted by molar-refractivity contribution is -0.941. The van der Waals surface area contributed by atoms with Crippen LogP contribution in [-0.4, -0.2) is 71.9 Å². The smallest absolute Gasteiger partial charge is 0.203 e. The molecule has 2 atom stereocenters. The van der Waals surface area contributed by atoms with Gasteiger partial charge in [-0.25, -0.2) is 0 Å². The number of methoxy groups -OCH3 is 5. The van der Waals surface area contributed by atoms with Gasteiger partial charge in [0.15, 0.2) is 23.0 Å². The van der Waals surface area contributed by atoms with E-state index in [1.807, 2.05) is 12.1 Å². The largest absolute Gasteiger partial charge is 0.493 e. The zero-order valence-corrected chi connectivity index (χ0v) is 20.1. The molecule has 0 unspecified atom stereocenters. The third-order valence-corrected chi connectivity index (χ3v) is 6.63. The van der Waals surface area contributed by atoms with Crippen molar-refractivity contribution in [3.05, 3.63) is 41.0 Å². The first-order chi connectivity index (χ1) is 15.4. The Morgan fingerprint density at radius 2 is 1.44 bits per heavy atom. The topological polar surface area (TPSA) is 66.4 Å². The van der Waals surface area contributed by atoms with Crippen LogP contribution in [0.2, 0.25) is 0 Å². The summed E-state index contributed by atoms with van der Waals surface area (Å²) in [7, 11) is 10.5. The fraction of sp³-hybridized carbons (Fsp3) is 0.520. The highest BCUT2D eigenvalue weighted by atomic mass is 16.5. The van der Waals surface area contributed by atoms with E-state index in [0.717, 1.165) is 53.9 Å². The second-order valence-electron chi connectivity index (χ2n) is 8.41. The molecule has 0 aliphatic carbocycles. The average molecular weight is 447 g/mol. The van der Waals surface area contributed by atoms with Gasteiger partial charge in [-0.2, -0.15) is 0 Å². The Bertz CT molecular complexity index is 906. The number of aliphatic hydroxyl groups is 1. The normalized spacial score (nSPS) is 19.8. The maximum absolute atomic E-state index is 9.53. The van der Waals surface area contributed by atoms with Crippen LogP contribution in [0.4, 0.5) is 0 Å². The van der Waals surface area contributed by atoms with Crippen LogP contribution in [0.1, 0.15) is 29.2 Å². The van der Waals surface area contributed by atoms with E-state index >= 15 is 0 Å². The number of rotatable bonds is 10. The standard InChI is InChI=1S/C25H36NO6/c1-26(9-7-11-27)10-8-18-15-21(28-2)22(29-3)16-19(18)20(26)12-17-13-23(30-4)25(32-6)24(14-17)31-5/h13-16,20,27H,7-12H2,1-6H3/q+1/t20-,26+/m0/s1. The third kappa shape index (κ3) is 4.59. The highest BCUT2D eigenvalue weighted by Crippen LogP contribution is 2.44. The lowest BCUT2D eigenvalue weighted by Gasteiger charge is -2.46. The minimum Gasteiger partial charge on any atom is -0.493 e. The summed E-state index contributed by atoms with van der Waals surface area (Å²) >= 11 is 0. The molecular weight excluding hydrogens is 410 g/mol. The molecule has 1 N–H and O–H groups in total. The minimum absolute atomic E-state index is 0.174. The summed E-state index contributed by atoms with van der Waals surface area (Å²) in [5, 5.41) is 9.53. The molecule has 0 amide bonds. The Morgan fingerprint density at radius 3 is 1.97 bits per heavy atom. The van der Waals surface area contributed by atoms with Gasteiger partial charge >= 0.3 is 0 Å². The van der Waals surface area contributed by atoms with Gasteiger partial charge in [0.2, 0.25) is 5.75 Å². The first-order valence-corrected chi connectivity index (χ1v) is 10.9. The predicted molar refractivity (Wildman–Crippen MR) is 123 cm³/mol. The molecule has 0 radical (unpaired) electrons. The first kappa shape index (κ1) is 24.0. The molecule has 0 spiro atoms. The molecule has 0 aromatic heterocycles. The van der Waals surface area contributed by atoms with Crippen LogP contribution >= 0.6 is 0 Å². The molecule has 2 aromatic rings. The highest BCUT2D eigenvalue weighted by Gasteiger charge is 2.39. The molecule has 0 bridgehead atoms. The Labute approximate surface area is 191 Å². The molecule has 0 saturated heterocycles. The Morgan fingerprint density at radius 1 is 0.844 bits per heavy atom. The van der Waals surface area contributed by atoms with Crippen molar-refractivity contribution < 1.29 is 33.3 Å². The quantitative estimate of drug-likeness (QED) is 0.565. The molecule has 7 heteroatoms. The zero-order valence-electron chi connectivity index (χ0n) is 20.1. The van der Waals surface area contributed by atoms with Gasteiger partial charge in [-0.05, 0) is 35.4 Å². The number of benzene rings is 2. The van der Waals surface area contributed by atoms with Gasteiger partial charge in [0, 0.05) is 31.4 Å². The van der Waals surface area contributed by atoms with Crippen LogP contribution in [0.25, 0.3) is 0 Å². The average Bonchev–Trinajstić information content (AvgIpc) is 2.83. The van der Waals surface area contributed by atoms with Crippen LogP contribution in [0.5, 0.6) is 28.7 Å². The third-order valence-electron chi connectivity index (χ3n) is 6.63. The first-order valence-electron chi connectivity index (χ1n) is 10.9. The van der Waals surface area contributed by atoms with Crippen LogP contribution in [0, 0.1) is 0 Å². The van der Waals surface area contributed by atoms with E-state index in [4.69, 9.17) is 23.7 Å². The van der Waals surface area contributed by atoms with Gasteiger partial charge in [-0.1, -0.05) is 0 Å². The van der Waals surface area contributed by atoms with Crippen molar-refractivity contribution in [2.24, 2.45) is 0 Å². The molecule has 1 aliphatic heterocycles. The van der Waals surface area contributed by atoms with Crippen molar-refractivity contribution in [1.82, 2.24) is 0 Å². The molecule has 32 heavy (non-hydrogen) atoms. The summed E-state index contributed by atoms with van der Waals surface area (Å²) in [6.07, 6.45) is 2.48. The number of hydrogen-bond donors (Lipinski definition) is 1. The van der Waals surface area contributed by atoms with Gasteiger partial charge in [0.1, 0.15) is 6.04 Å². The van der Waals surface area contributed by atoms with Gasteiger partial charge in [0.25, 0.3) is 0 Å². The van der Waals surface area contributed by atoms with Crippen molar-refractivity contribution >= 4 is 0 Å². The van der Waals surface area contributed by atoms with E-state index in [0.29, 0.717) is 17.2 Å². The number of nitrogens with zero attached hydrogens (tertiary/aromatic N) is 1. The zero-order chi connectivity index (χ0) is 23.3. The summed E-state index contributed by atoms with van der Waals surface area (Å²) in [5.41, 5.74) is 3.63. The molecular formula is C25H36NO6+. The Hall–Kier alpha value is -2.64. The van der Waals surface area contributed by atoms with E-state index < -0.39 is 0 Å². The number of hydrogen-bond acceptors (Lipinski definition) is 6. The van der Waals surface area contributed by atoms with E-state index in [9.17, 15) is 5.11 Å². The molecule has 0 fully saturated rings. The summed E-state index contributed by atoms with van der Waals surface area (Å²) in [4.78, 5) is 0. The minimum atomic E-state index is 0.174. The summed E-state index contributed by atoms with van der Waals surface area (Å²) in [6, 6.07) is 8.43. The van der Waals surface area contributed by atoms with Gasteiger partial charge in [-0.3, -0.25) is 0 Å². The number of aliphatic hydroxyl groups excluding tert-OH is 1. The van der Waals surface area contributed by atoms with Gasteiger partial charge in [0.05, 0.1) is 55.7 Å². The lowest BCUT2D eigenvalue weighted by atomic mass is 9.86. The lowest BCUT2D eigenvalue weighted by Crippen LogP contribution is -2.52. The monoisotopic (exact) mass is 446 g/mol. The van der Waals surface area contributed by atoms with E-state index in [2.05, 4.69) is 19.2 Å². The molecule has 0 saturated carbocycles. The highest BCUT2D eigenvalue weighted by molar-refractivity contribution is 5.54. The van der Waals surface area contributed by atoms with Crippen molar-refractivity contribution in [2.45, 2.75) is 25.3 Å². The van der Waals surface area contributed by atoms with Crippen molar-refractivity contribution in [3.63, 3.8) is 0 Å². The molecule has 2 aromatic carbocycles. The van der Waals surface area contributed by atoms with Crippen LogP contribution < -0.4 is 23.7 Å². The molecule has 1 aliphatic rings. The van der Waals surface area contributed by atoms with Crippen LogP contribution in [-0.2, 0) is 12.8 Å². The molecule has 7 nitrogen and oxygen atoms in total. The second-order valence-corrected chi connectivity index (χ2v) is 8.41.